The highest BCUT2D eigenvalue weighted by Gasteiger charge is 2.22. The number of fused-ring (bicyclic) bond motifs is 2. The second kappa shape index (κ2) is 9.65. The molecule has 0 aromatic rings. The summed E-state index contributed by atoms with van der Waals surface area (Å²) in [7, 11) is 2.21. The van der Waals surface area contributed by atoms with E-state index in [0.29, 0.717) is 18.5 Å². The van der Waals surface area contributed by atoms with Crippen molar-refractivity contribution in [3.8, 4) is 0 Å². The summed E-state index contributed by atoms with van der Waals surface area (Å²) in [5.41, 5.74) is 3.89. The first-order chi connectivity index (χ1) is 13.1. The molecule has 0 amide bonds. The lowest BCUT2D eigenvalue weighted by molar-refractivity contribution is 0.259. The largest absolute Gasteiger partial charge is 0.305 e. The van der Waals surface area contributed by atoms with Gasteiger partial charge in [-0.2, -0.15) is 5.11 Å². The number of rotatable bonds is 1. The van der Waals surface area contributed by atoms with Crippen LogP contribution in [0.4, 0.5) is 0 Å². The van der Waals surface area contributed by atoms with Gasteiger partial charge in [0.05, 0.1) is 6.54 Å². The molecule has 4 heteroatoms. The lowest BCUT2D eigenvalue weighted by Crippen LogP contribution is -2.29. The van der Waals surface area contributed by atoms with Crippen LogP contribution < -0.4 is 0 Å². The predicted octanol–water partition coefficient (Wildman–Crippen LogP) is 5.23. The monoisotopic (exact) mass is 364 g/mol. The zero-order chi connectivity index (χ0) is 19.1. The van der Waals surface area contributed by atoms with Gasteiger partial charge in [0.15, 0.2) is 0 Å². The lowest BCUT2D eigenvalue weighted by Gasteiger charge is -2.30. The van der Waals surface area contributed by atoms with E-state index >= 15 is 0 Å². The number of nitrogens with zero attached hydrogens (tertiary/aromatic N) is 4. The Morgan fingerprint density at radius 2 is 1.96 bits per heavy atom. The Morgan fingerprint density at radius 3 is 2.81 bits per heavy atom. The van der Waals surface area contributed by atoms with E-state index in [1.807, 2.05) is 0 Å². The summed E-state index contributed by atoms with van der Waals surface area (Å²) in [6.07, 6.45) is 23.3. The Morgan fingerprint density at radius 1 is 1.11 bits per heavy atom. The van der Waals surface area contributed by atoms with Crippen molar-refractivity contribution in [2.45, 2.75) is 39.2 Å². The van der Waals surface area contributed by atoms with Gasteiger partial charge < -0.3 is 4.90 Å². The van der Waals surface area contributed by atoms with Crippen LogP contribution in [0.25, 0.3) is 0 Å². The van der Waals surface area contributed by atoms with E-state index in [2.05, 4.69) is 95.8 Å². The van der Waals surface area contributed by atoms with E-state index in [1.165, 1.54) is 16.8 Å². The molecule has 0 spiro atoms. The van der Waals surface area contributed by atoms with Crippen molar-refractivity contribution in [1.29, 1.82) is 0 Å². The van der Waals surface area contributed by atoms with E-state index < -0.39 is 0 Å². The lowest BCUT2D eigenvalue weighted by atomic mass is 9.93. The van der Waals surface area contributed by atoms with Gasteiger partial charge in [-0.15, -0.1) is 0 Å². The minimum absolute atomic E-state index is 0.293. The Bertz CT molecular complexity index is 719. The topological polar surface area (TPSA) is 31.2 Å². The molecule has 2 aliphatic heterocycles. The fraction of sp³-hybridized carbons (Fsp3) is 0.478. The molecule has 0 saturated carbocycles. The van der Waals surface area contributed by atoms with Crippen LogP contribution in [0.15, 0.2) is 81.9 Å². The van der Waals surface area contributed by atoms with Crippen molar-refractivity contribution in [3.63, 3.8) is 0 Å². The third-order valence-corrected chi connectivity index (χ3v) is 5.09. The third kappa shape index (κ3) is 5.39. The Kier molecular flexibility index (Phi) is 6.99. The number of allylic oxidation sites excluding steroid dienone is 6. The van der Waals surface area contributed by atoms with E-state index in [0.717, 1.165) is 32.4 Å². The predicted molar refractivity (Wildman–Crippen MR) is 113 cm³/mol. The van der Waals surface area contributed by atoms with Crippen molar-refractivity contribution in [2.24, 2.45) is 16.3 Å². The summed E-state index contributed by atoms with van der Waals surface area (Å²) in [6.45, 7) is 7.12. The molecule has 2 heterocycles. The van der Waals surface area contributed by atoms with Crippen LogP contribution in [0.1, 0.15) is 33.1 Å². The molecule has 4 nitrogen and oxygen atoms in total. The smallest absolute Gasteiger partial charge is 0.0894 e. The molecule has 1 unspecified atom stereocenters. The summed E-state index contributed by atoms with van der Waals surface area (Å²) in [5, 5.41) is 11.0. The van der Waals surface area contributed by atoms with Crippen LogP contribution in [0.3, 0.4) is 0 Å². The van der Waals surface area contributed by atoms with Gasteiger partial charge in [-0.25, -0.2) is 5.01 Å². The van der Waals surface area contributed by atoms with Gasteiger partial charge >= 0.3 is 0 Å². The zero-order valence-corrected chi connectivity index (χ0v) is 16.9. The molecule has 3 aliphatic rings. The second-order valence-electron chi connectivity index (χ2n) is 7.72. The van der Waals surface area contributed by atoms with Gasteiger partial charge in [-0.05, 0) is 39.3 Å². The van der Waals surface area contributed by atoms with E-state index in [4.69, 9.17) is 0 Å². The Labute approximate surface area is 164 Å². The van der Waals surface area contributed by atoms with Crippen molar-refractivity contribution < 1.29 is 0 Å². The SMILES string of the molecule is CC(C)N1N=NCC2=C1C/C=C\C=C/CCN(C)CC1C=CCC=CC2=C1. The van der Waals surface area contributed by atoms with E-state index in [9.17, 15) is 0 Å². The Balaban J connectivity index is 2.05. The van der Waals surface area contributed by atoms with Gasteiger partial charge in [0.2, 0.25) is 0 Å². The molecule has 27 heavy (non-hydrogen) atoms. The van der Waals surface area contributed by atoms with Gasteiger partial charge in [-0.1, -0.05) is 59.9 Å². The normalized spacial score (nSPS) is 26.9. The molecule has 0 aromatic heterocycles. The van der Waals surface area contributed by atoms with Crippen molar-refractivity contribution in [3.05, 3.63) is 71.5 Å². The molecular weight excluding hydrogens is 332 g/mol. The van der Waals surface area contributed by atoms with Crippen LogP contribution in [-0.4, -0.2) is 42.6 Å². The maximum atomic E-state index is 4.45. The molecule has 0 aromatic carbocycles. The molecule has 144 valence electrons. The maximum absolute atomic E-state index is 4.45. The molecule has 0 saturated heterocycles. The van der Waals surface area contributed by atoms with Gasteiger partial charge in [0.25, 0.3) is 0 Å². The van der Waals surface area contributed by atoms with Crippen LogP contribution in [0, 0.1) is 5.92 Å². The number of hydrogen-bond donors (Lipinski definition) is 0. The van der Waals surface area contributed by atoms with Crippen LogP contribution in [0.2, 0.25) is 0 Å². The minimum Gasteiger partial charge on any atom is -0.305 e. The number of hydrogen-bond acceptors (Lipinski definition) is 4. The van der Waals surface area contributed by atoms with Crippen molar-refractivity contribution >= 4 is 0 Å². The van der Waals surface area contributed by atoms with Gasteiger partial charge in [0.1, 0.15) is 0 Å². The van der Waals surface area contributed by atoms with E-state index in [-0.39, 0.29) is 0 Å². The van der Waals surface area contributed by atoms with Crippen molar-refractivity contribution in [2.75, 3.05) is 26.7 Å². The summed E-state index contributed by atoms with van der Waals surface area (Å²) in [4.78, 5) is 2.42. The molecule has 3 rings (SSSR count). The highest BCUT2D eigenvalue weighted by atomic mass is 15.6. The van der Waals surface area contributed by atoms with Crippen LogP contribution in [0.5, 0.6) is 0 Å². The average Bonchev–Trinajstić information content (AvgIpc) is 2.62. The third-order valence-electron chi connectivity index (χ3n) is 5.09. The van der Waals surface area contributed by atoms with Gasteiger partial charge in [-0.3, -0.25) is 0 Å². The highest BCUT2D eigenvalue weighted by Crippen LogP contribution is 2.30. The quantitative estimate of drug-likeness (QED) is 0.597. The molecule has 0 N–H and O–H groups in total. The summed E-state index contributed by atoms with van der Waals surface area (Å²) in [5.74, 6) is 0.414. The van der Waals surface area contributed by atoms with E-state index in [1.54, 1.807) is 0 Å². The highest BCUT2D eigenvalue weighted by molar-refractivity contribution is 5.46. The summed E-state index contributed by atoms with van der Waals surface area (Å²) < 4.78 is 0. The van der Waals surface area contributed by atoms with Crippen LogP contribution in [-0.2, 0) is 0 Å². The fourth-order valence-electron chi connectivity index (χ4n) is 3.71. The fourth-order valence-corrected chi connectivity index (χ4v) is 3.71. The minimum atomic E-state index is 0.293. The molecule has 0 radical (unpaired) electrons. The molecule has 1 atom stereocenters. The average molecular weight is 365 g/mol. The Hall–Kier alpha value is -2.20. The first-order valence-electron chi connectivity index (χ1n) is 10.1. The first-order valence-corrected chi connectivity index (χ1v) is 10.1. The molecule has 0 fully saturated rings. The van der Waals surface area contributed by atoms with Gasteiger partial charge in [0, 0.05) is 42.7 Å². The molecule has 2 bridgehead atoms. The summed E-state index contributed by atoms with van der Waals surface area (Å²) in [6, 6.07) is 0.293. The zero-order valence-electron chi connectivity index (χ0n) is 16.9. The van der Waals surface area contributed by atoms with Crippen molar-refractivity contribution in [1.82, 2.24) is 9.91 Å². The maximum Gasteiger partial charge on any atom is 0.0894 e. The molecule has 1 aliphatic carbocycles. The van der Waals surface area contributed by atoms with Crippen LogP contribution >= 0.6 is 0 Å². The molecular formula is C23H32N4. The first kappa shape index (κ1) is 19.6. The summed E-state index contributed by atoms with van der Waals surface area (Å²) >= 11 is 0. The second-order valence-corrected chi connectivity index (χ2v) is 7.72. The standard InChI is InChI=1S/C23H32N4/c1-19(2)27-23-14-10-5-4-6-11-15-26(3)18-20-12-8-7-9-13-21(16-20)22(23)17-24-25-27/h4-6,8-10,12-13,16,19-20H,7,11,14-15,17-18H2,1-3H3/b6-4-,10-5-,12-8?,13-9?,21-16?.